The zero-order chi connectivity index (χ0) is 14.5. The quantitative estimate of drug-likeness (QED) is 0.863. The lowest BCUT2D eigenvalue weighted by molar-refractivity contribution is 0.921. The van der Waals surface area contributed by atoms with E-state index in [1.807, 2.05) is 25.2 Å². The Balaban J connectivity index is 2.16. The van der Waals surface area contributed by atoms with E-state index in [1.54, 1.807) is 0 Å². The first-order chi connectivity index (χ1) is 9.60. The van der Waals surface area contributed by atoms with Crippen molar-refractivity contribution in [2.75, 3.05) is 17.7 Å². The molecule has 0 unspecified atom stereocenters. The Morgan fingerprint density at radius 3 is 2.50 bits per heavy atom. The van der Waals surface area contributed by atoms with Gasteiger partial charge in [-0.15, -0.1) is 0 Å². The Bertz CT molecular complexity index is 624. The predicted octanol–water partition coefficient (Wildman–Crippen LogP) is 3.28. The second-order valence-electron chi connectivity index (χ2n) is 5.06. The van der Waals surface area contributed by atoms with Crippen molar-refractivity contribution < 1.29 is 0 Å². The van der Waals surface area contributed by atoms with Crippen LogP contribution in [0.15, 0.2) is 42.5 Å². The number of nitrogens with two attached hydrogens (primary N) is 1. The van der Waals surface area contributed by atoms with Gasteiger partial charge >= 0.3 is 0 Å². The molecule has 0 atom stereocenters. The first-order valence-corrected chi connectivity index (χ1v) is 6.62. The Morgan fingerprint density at radius 2 is 1.85 bits per heavy atom. The lowest BCUT2D eigenvalue weighted by Crippen LogP contribution is -2.16. The number of anilines is 2. The molecule has 0 bridgehead atoms. The topological polar surface area (TPSA) is 53.0 Å². The van der Waals surface area contributed by atoms with E-state index in [4.69, 9.17) is 11.0 Å². The van der Waals surface area contributed by atoms with Crippen LogP contribution in [0.25, 0.3) is 0 Å². The third-order valence-corrected chi connectivity index (χ3v) is 3.38. The van der Waals surface area contributed by atoms with Crippen LogP contribution in [0.1, 0.15) is 16.7 Å². The van der Waals surface area contributed by atoms with Gasteiger partial charge in [0, 0.05) is 25.0 Å². The molecule has 0 aliphatic heterocycles. The van der Waals surface area contributed by atoms with Crippen molar-refractivity contribution in [3.05, 3.63) is 59.2 Å². The predicted molar refractivity (Wildman–Crippen MR) is 83.5 cm³/mol. The van der Waals surface area contributed by atoms with Crippen LogP contribution in [-0.4, -0.2) is 7.05 Å². The van der Waals surface area contributed by atoms with Gasteiger partial charge < -0.3 is 10.6 Å². The molecule has 2 aromatic rings. The summed E-state index contributed by atoms with van der Waals surface area (Å²) in [7, 11) is 2.04. The van der Waals surface area contributed by atoms with Crippen LogP contribution in [0, 0.1) is 18.3 Å². The van der Waals surface area contributed by atoms with Crippen molar-refractivity contribution in [2.45, 2.75) is 19.9 Å². The number of benzene rings is 2. The summed E-state index contributed by atoms with van der Waals surface area (Å²) >= 11 is 0. The van der Waals surface area contributed by atoms with Crippen LogP contribution in [-0.2, 0) is 13.0 Å². The summed E-state index contributed by atoms with van der Waals surface area (Å²) in [4.78, 5) is 2.16. The summed E-state index contributed by atoms with van der Waals surface area (Å²) in [5, 5.41) is 8.82. The summed E-state index contributed by atoms with van der Waals surface area (Å²) in [6, 6.07) is 16.5. The minimum Gasteiger partial charge on any atom is -0.398 e. The maximum absolute atomic E-state index is 8.82. The van der Waals surface area contributed by atoms with Crippen molar-refractivity contribution in [3.63, 3.8) is 0 Å². The van der Waals surface area contributed by atoms with E-state index in [0.29, 0.717) is 12.1 Å². The molecule has 0 saturated carbocycles. The normalized spacial score (nSPS) is 10.1. The molecular weight excluding hydrogens is 246 g/mol. The lowest BCUT2D eigenvalue weighted by Gasteiger charge is -2.20. The van der Waals surface area contributed by atoms with E-state index in [0.717, 1.165) is 17.8 Å². The molecule has 0 amide bonds. The van der Waals surface area contributed by atoms with Gasteiger partial charge in [-0.3, -0.25) is 0 Å². The fourth-order valence-corrected chi connectivity index (χ4v) is 2.13. The molecule has 2 aromatic carbocycles. The molecule has 0 spiro atoms. The molecule has 0 radical (unpaired) electrons. The molecule has 2 rings (SSSR count). The molecule has 20 heavy (non-hydrogen) atoms. The van der Waals surface area contributed by atoms with E-state index in [-0.39, 0.29) is 0 Å². The van der Waals surface area contributed by atoms with Crippen molar-refractivity contribution >= 4 is 11.4 Å². The number of nitriles is 1. The molecular formula is C17H19N3. The average Bonchev–Trinajstić information content (AvgIpc) is 2.44. The third kappa shape index (κ3) is 3.30. The van der Waals surface area contributed by atoms with Gasteiger partial charge in [-0.25, -0.2) is 0 Å². The summed E-state index contributed by atoms with van der Waals surface area (Å²) in [5.74, 6) is 0. The molecule has 3 heteroatoms. The average molecular weight is 265 g/mol. The number of rotatable bonds is 4. The summed E-state index contributed by atoms with van der Waals surface area (Å²) in [6.07, 6.45) is 0.345. The third-order valence-electron chi connectivity index (χ3n) is 3.38. The lowest BCUT2D eigenvalue weighted by atomic mass is 10.1. The SMILES string of the molecule is Cc1ccc(CN(C)c2ccc(N)c(CC#N)c2)cc1. The zero-order valence-electron chi connectivity index (χ0n) is 11.9. The highest BCUT2D eigenvalue weighted by Crippen LogP contribution is 2.22. The van der Waals surface area contributed by atoms with Gasteiger partial charge in [0.05, 0.1) is 12.5 Å². The van der Waals surface area contributed by atoms with E-state index in [9.17, 15) is 0 Å². The largest absolute Gasteiger partial charge is 0.398 e. The molecule has 0 aromatic heterocycles. The monoisotopic (exact) mass is 265 g/mol. The van der Waals surface area contributed by atoms with Crippen molar-refractivity contribution in [1.29, 1.82) is 5.26 Å². The minimum absolute atomic E-state index is 0.345. The summed E-state index contributed by atoms with van der Waals surface area (Å²) in [6.45, 7) is 2.91. The number of nitrogen functional groups attached to an aromatic ring is 1. The van der Waals surface area contributed by atoms with Crippen LogP contribution in [0.2, 0.25) is 0 Å². The van der Waals surface area contributed by atoms with Gasteiger partial charge in [0.2, 0.25) is 0 Å². The molecule has 0 aliphatic carbocycles. The highest BCUT2D eigenvalue weighted by atomic mass is 15.1. The van der Waals surface area contributed by atoms with Crippen LogP contribution >= 0.6 is 0 Å². The van der Waals surface area contributed by atoms with E-state index < -0.39 is 0 Å². The molecule has 0 fully saturated rings. The van der Waals surface area contributed by atoms with Crippen LogP contribution < -0.4 is 10.6 Å². The Kier molecular flexibility index (Phi) is 4.27. The Hall–Kier alpha value is -2.47. The fraction of sp³-hybridized carbons (Fsp3) is 0.235. The molecule has 2 N–H and O–H groups in total. The van der Waals surface area contributed by atoms with E-state index in [1.165, 1.54) is 11.1 Å². The van der Waals surface area contributed by atoms with Gasteiger partial charge in [0.25, 0.3) is 0 Å². The molecule has 0 heterocycles. The van der Waals surface area contributed by atoms with Crippen LogP contribution in [0.5, 0.6) is 0 Å². The number of hydrogen-bond acceptors (Lipinski definition) is 3. The van der Waals surface area contributed by atoms with Gasteiger partial charge in [-0.2, -0.15) is 5.26 Å². The maximum Gasteiger partial charge on any atom is 0.0670 e. The molecule has 0 aliphatic rings. The Labute approximate surface area is 120 Å². The highest BCUT2D eigenvalue weighted by molar-refractivity contribution is 5.59. The van der Waals surface area contributed by atoms with Gasteiger partial charge in [0.1, 0.15) is 0 Å². The van der Waals surface area contributed by atoms with Crippen LogP contribution in [0.3, 0.4) is 0 Å². The smallest absolute Gasteiger partial charge is 0.0670 e. The van der Waals surface area contributed by atoms with Gasteiger partial charge in [0.15, 0.2) is 0 Å². The number of aryl methyl sites for hydroxylation is 1. The first kappa shape index (κ1) is 14.0. The summed E-state index contributed by atoms with van der Waals surface area (Å²) in [5.41, 5.74) is 11.0. The van der Waals surface area contributed by atoms with E-state index >= 15 is 0 Å². The van der Waals surface area contributed by atoms with Gasteiger partial charge in [-0.05, 0) is 36.2 Å². The van der Waals surface area contributed by atoms with E-state index in [2.05, 4.69) is 42.2 Å². The molecule has 3 nitrogen and oxygen atoms in total. The van der Waals surface area contributed by atoms with Gasteiger partial charge in [-0.1, -0.05) is 29.8 Å². The first-order valence-electron chi connectivity index (χ1n) is 6.62. The second-order valence-corrected chi connectivity index (χ2v) is 5.06. The standard InChI is InChI=1S/C17H19N3/c1-13-3-5-14(6-4-13)12-20(2)16-7-8-17(19)15(11-16)9-10-18/h3-8,11H,9,12,19H2,1-2H3. The Morgan fingerprint density at radius 1 is 1.15 bits per heavy atom. The molecule has 0 saturated heterocycles. The number of nitrogens with zero attached hydrogens (tertiary/aromatic N) is 2. The summed E-state index contributed by atoms with van der Waals surface area (Å²) < 4.78 is 0. The number of hydrogen-bond donors (Lipinski definition) is 1. The van der Waals surface area contributed by atoms with Crippen molar-refractivity contribution in [1.82, 2.24) is 0 Å². The second kappa shape index (κ2) is 6.12. The maximum atomic E-state index is 8.82. The van der Waals surface area contributed by atoms with Crippen LogP contribution in [0.4, 0.5) is 11.4 Å². The highest BCUT2D eigenvalue weighted by Gasteiger charge is 2.06. The van der Waals surface area contributed by atoms with Crippen molar-refractivity contribution in [3.8, 4) is 6.07 Å². The minimum atomic E-state index is 0.345. The van der Waals surface area contributed by atoms with Crippen molar-refractivity contribution in [2.24, 2.45) is 0 Å². The molecule has 102 valence electrons. The fourth-order valence-electron chi connectivity index (χ4n) is 2.13. The zero-order valence-corrected chi connectivity index (χ0v) is 11.9.